The second-order valence-corrected chi connectivity index (χ2v) is 9.50. The summed E-state index contributed by atoms with van der Waals surface area (Å²) >= 11 is 1.36. The molecule has 0 spiro atoms. The van der Waals surface area contributed by atoms with E-state index in [1.54, 1.807) is 6.07 Å². The Morgan fingerprint density at radius 1 is 1.29 bits per heavy atom. The largest absolute Gasteiger partial charge is 0.353 e. The van der Waals surface area contributed by atoms with Crippen LogP contribution in [0.25, 0.3) is 11.0 Å². The molecule has 0 aliphatic heterocycles. The average Bonchev–Trinajstić information content (AvgIpc) is 2.97. The summed E-state index contributed by atoms with van der Waals surface area (Å²) in [6, 6.07) is 4.85. The molecule has 0 bridgehead atoms. The molecule has 1 amide bonds. The Morgan fingerprint density at radius 3 is 2.68 bits per heavy atom. The van der Waals surface area contributed by atoms with Crippen LogP contribution in [0.2, 0.25) is 0 Å². The van der Waals surface area contributed by atoms with Gasteiger partial charge in [-0.1, -0.05) is 44.9 Å². The van der Waals surface area contributed by atoms with E-state index in [1.165, 1.54) is 30.3 Å². The van der Waals surface area contributed by atoms with Crippen molar-refractivity contribution >= 4 is 38.7 Å². The lowest BCUT2D eigenvalue weighted by atomic mass is 10.1. The summed E-state index contributed by atoms with van der Waals surface area (Å²) in [6.45, 7) is 6.99. The second kappa shape index (κ2) is 10.3. The summed E-state index contributed by atoms with van der Waals surface area (Å²) in [4.78, 5) is 16.8. The number of sulfonamides is 1. The SMILES string of the molecule is CCCCCC(C)NC(=O)CSc1nc2cc(S(N)(=O)=O)ccc2n1CCC. The Balaban J connectivity index is 2.10. The molecule has 2 aromatic rings. The fraction of sp³-hybridized carbons (Fsp3) is 0.579. The van der Waals surface area contributed by atoms with Gasteiger partial charge in [-0.15, -0.1) is 0 Å². The zero-order valence-corrected chi connectivity index (χ0v) is 18.4. The summed E-state index contributed by atoms with van der Waals surface area (Å²) in [5.41, 5.74) is 1.40. The number of hydrogen-bond donors (Lipinski definition) is 2. The predicted octanol–water partition coefficient (Wildman–Crippen LogP) is 3.27. The minimum atomic E-state index is -3.78. The number of carbonyl (C=O) groups is 1. The van der Waals surface area contributed by atoms with E-state index in [1.807, 2.05) is 11.5 Å². The molecular weight excluding hydrogens is 396 g/mol. The maximum Gasteiger partial charge on any atom is 0.238 e. The number of aromatic nitrogens is 2. The van der Waals surface area contributed by atoms with Gasteiger partial charge in [0.25, 0.3) is 0 Å². The van der Waals surface area contributed by atoms with Crippen molar-refractivity contribution in [2.75, 3.05) is 5.75 Å². The van der Waals surface area contributed by atoms with Gasteiger partial charge in [0.2, 0.25) is 15.9 Å². The number of rotatable bonds is 11. The number of nitrogens with one attached hydrogen (secondary N) is 1. The Hall–Kier alpha value is -1.58. The number of thioether (sulfide) groups is 1. The standard InChI is InChI=1S/C19H30N4O3S2/c1-4-6-7-8-14(3)21-18(24)13-27-19-22-16-12-15(28(20,25)26)9-10-17(16)23(19)11-5-2/h9-10,12,14H,4-8,11,13H2,1-3H3,(H,21,24)(H2,20,25,26). The van der Waals surface area contributed by atoms with Crippen LogP contribution in [-0.2, 0) is 21.4 Å². The first-order chi connectivity index (χ1) is 13.3. The molecule has 0 saturated carbocycles. The van der Waals surface area contributed by atoms with Crippen molar-refractivity contribution in [1.29, 1.82) is 0 Å². The van der Waals surface area contributed by atoms with Gasteiger partial charge in [0.1, 0.15) is 0 Å². The van der Waals surface area contributed by atoms with Gasteiger partial charge in [-0.25, -0.2) is 18.5 Å². The fourth-order valence-corrected chi connectivity index (χ4v) is 4.42. The van der Waals surface area contributed by atoms with E-state index in [-0.39, 0.29) is 22.6 Å². The molecule has 1 heterocycles. The first kappa shape index (κ1) is 22.7. The summed E-state index contributed by atoms with van der Waals surface area (Å²) in [5.74, 6) is 0.252. The van der Waals surface area contributed by atoms with E-state index in [9.17, 15) is 13.2 Å². The molecule has 2 rings (SSSR count). The summed E-state index contributed by atoms with van der Waals surface area (Å²) in [6.07, 6.45) is 5.34. The van der Waals surface area contributed by atoms with Gasteiger partial charge in [0, 0.05) is 12.6 Å². The number of carbonyl (C=O) groups excluding carboxylic acids is 1. The molecule has 0 radical (unpaired) electrons. The molecule has 28 heavy (non-hydrogen) atoms. The fourth-order valence-electron chi connectivity index (χ4n) is 3.03. The third-order valence-electron chi connectivity index (χ3n) is 4.44. The van der Waals surface area contributed by atoms with Crippen molar-refractivity contribution in [2.45, 2.75) is 75.5 Å². The number of fused-ring (bicyclic) bond motifs is 1. The van der Waals surface area contributed by atoms with E-state index in [4.69, 9.17) is 5.14 Å². The lowest BCUT2D eigenvalue weighted by Crippen LogP contribution is -2.33. The zero-order chi connectivity index (χ0) is 20.7. The Bertz CT molecular complexity index is 909. The number of nitrogens with zero attached hydrogens (tertiary/aromatic N) is 2. The number of unbranched alkanes of at least 4 members (excludes halogenated alkanes) is 2. The molecule has 9 heteroatoms. The van der Waals surface area contributed by atoms with Crippen molar-refractivity contribution in [3.8, 4) is 0 Å². The second-order valence-electron chi connectivity index (χ2n) is 6.99. The molecule has 0 fully saturated rings. The van der Waals surface area contributed by atoms with Crippen molar-refractivity contribution in [1.82, 2.24) is 14.9 Å². The first-order valence-electron chi connectivity index (χ1n) is 9.71. The van der Waals surface area contributed by atoms with Crippen LogP contribution in [0.1, 0.15) is 52.9 Å². The van der Waals surface area contributed by atoms with Gasteiger partial charge < -0.3 is 9.88 Å². The number of primary sulfonamides is 1. The normalized spacial score (nSPS) is 13.0. The van der Waals surface area contributed by atoms with Gasteiger partial charge >= 0.3 is 0 Å². The molecule has 1 atom stereocenters. The van der Waals surface area contributed by atoms with Crippen LogP contribution >= 0.6 is 11.8 Å². The number of amides is 1. The minimum Gasteiger partial charge on any atom is -0.353 e. The number of benzene rings is 1. The number of nitrogens with two attached hydrogens (primary N) is 1. The highest BCUT2D eigenvalue weighted by Crippen LogP contribution is 2.26. The highest BCUT2D eigenvalue weighted by atomic mass is 32.2. The Morgan fingerprint density at radius 2 is 2.04 bits per heavy atom. The van der Waals surface area contributed by atoms with Crippen LogP contribution in [0.15, 0.2) is 28.3 Å². The molecule has 3 N–H and O–H groups in total. The number of aryl methyl sites for hydroxylation is 1. The zero-order valence-electron chi connectivity index (χ0n) is 16.8. The predicted molar refractivity (Wildman–Crippen MR) is 114 cm³/mol. The van der Waals surface area contributed by atoms with E-state index in [0.29, 0.717) is 10.7 Å². The average molecular weight is 427 g/mol. The van der Waals surface area contributed by atoms with Crippen LogP contribution in [0.4, 0.5) is 0 Å². The van der Waals surface area contributed by atoms with Crippen LogP contribution in [0.3, 0.4) is 0 Å². The molecule has 7 nitrogen and oxygen atoms in total. The van der Waals surface area contributed by atoms with Crippen molar-refractivity contribution in [3.63, 3.8) is 0 Å². The monoisotopic (exact) mass is 426 g/mol. The number of hydrogen-bond acceptors (Lipinski definition) is 5. The molecule has 1 aromatic carbocycles. The van der Waals surface area contributed by atoms with E-state index in [2.05, 4.69) is 24.1 Å². The highest BCUT2D eigenvalue weighted by molar-refractivity contribution is 7.99. The van der Waals surface area contributed by atoms with Crippen molar-refractivity contribution in [3.05, 3.63) is 18.2 Å². The van der Waals surface area contributed by atoms with Crippen LogP contribution in [0, 0.1) is 0 Å². The lowest BCUT2D eigenvalue weighted by Gasteiger charge is -2.13. The maximum atomic E-state index is 12.3. The minimum absolute atomic E-state index is 0.0191. The van der Waals surface area contributed by atoms with Crippen LogP contribution < -0.4 is 10.5 Å². The van der Waals surface area contributed by atoms with Crippen LogP contribution in [0.5, 0.6) is 0 Å². The maximum absolute atomic E-state index is 12.3. The third kappa shape index (κ3) is 6.22. The smallest absolute Gasteiger partial charge is 0.238 e. The summed E-state index contributed by atoms with van der Waals surface area (Å²) < 4.78 is 25.2. The molecular formula is C19H30N4O3S2. The van der Waals surface area contributed by atoms with E-state index < -0.39 is 10.0 Å². The van der Waals surface area contributed by atoms with E-state index in [0.717, 1.165) is 37.7 Å². The Kier molecular flexibility index (Phi) is 8.33. The Labute approximate surface area is 171 Å². The van der Waals surface area contributed by atoms with Gasteiger partial charge in [0.05, 0.1) is 21.7 Å². The van der Waals surface area contributed by atoms with Crippen molar-refractivity contribution in [2.24, 2.45) is 5.14 Å². The molecule has 0 saturated heterocycles. The van der Waals surface area contributed by atoms with Gasteiger partial charge in [-0.3, -0.25) is 4.79 Å². The molecule has 1 aromatic heterocycles. The topological polar surface area (TPSA) is 107 Å². The van der Waals surface area contributed by atoms with Gasteiger partial charge in [-0.2, -0.15) is 0 Å². The van der Waals surface area contributed by atoms with E-state index >= 15 is 0 Å². The molecule has 0 aliphatic carbocycles. The van der Waals surface area contributed by atoms with Gasteiger partial charge in [0.15, 0.2) is 5.16 Å². The lowest BCUT2D eigenvalue weighted by molar-refractivity contribution is -0.119. The van der Waals surface area contributed by atoms with Crippen LogP contribution in [-0.4, -0.2) is 35.7 Å². The molecule has 156 valence electrons. The quantitative estimate of drug-likeness (QED) is 0.423. The first-order valence-corrected chi connectivity index (χ1v) is 12.2. The third-order valence-corrected chi connectivity index (χ3v) is 6.33. The van der Waals surface area contributed by atoms with Crippen molar-refractivity contribution < 1.29 is 13.2 Å². The summed E-state index contributed by atoms with van der Waals surface area (Å²) in [5, 5.41) is 8.96. The number of imidazole rings is 1. The summed E-state index contributed by atoms with van der Waals surface area (Å²) in [7, 11) is -3.78. The highest BCUT2D eigenvalue weighted by Gasteiger charge is 2.16. The molecule has 1 unspecified atom stereocenters. The van der Waals surface area contributed by atoms with Gasteiger partial charge in [-0.05, 0) is 38.0 Å². The molecule has 0 aliphatic rings.